The number of esters is 1. The second-order valence-electron chi connectivity index (χ2n) is 4.24. The predicted molar refractivity (Wildman–Crippen MR) is 66.9 cm³/mol. The van der Waals surface area contributed by atoms with Crippen LogP contribution in [0, 0.1) is 5.92 Å². The molecule has 0 aromatic heterocycles. The molecule has 8 heteroatoms. The molecule has 20 heavy (non-hydrogen) atoms. The summed E-state index contributed by atoms with van der Waals surface area (Å²) in [5.41, 5.74) is 0. The fraction of sp³-hybridized carbons (Fsp3) is 0.667. The van der Waals surface area contributed by atoms with Gasteiger partial charge in [0.15, 0.2) is 0 Å². The first-order valence-corrected chi connectivity index (χ1v) is 6.19. The Bertz CT molecular complexity index is 367. The van der Waals surface area contributed by atoms with Crippen LogP contribution >= 0.6 is 0 Å². The second kappa shape index (κ2) is 9.76. The molecule has 0 rings (SSSR count). The lowest BCUT2D eigenvalue weighted by Gasteiger charge is -2.11. The number of carboxylic acids is 2. The van der Waals surface area contributed by atoms with Gasteiger partial charge >= 0.3 is 17.9 Å². The molecule has 0 heterocycles. The van der Waals surface area contributed by atoms with Gasteiger partial charge in [0.2, 0.25) is 5.91 Å². The highest BCUT2D eigenvalue weighted by Gasteiger charge is 2.14. The van der Waals surface area contributed by atoms with Crippen molar-refractivity contribution >= 4 is 23.8 Å². The highest BCUT2D eigenvalue weighted by Crippen LogP contribution is 2.05. The summed E-state index contributed by atoms with van der Waals surface area (Å²) in [5.74, 6) is -3.43. The number of hydrogen-bond acceptors (Lipinski definition) is 5. The number of carbonyl (C=O) groups excluding carboxylic acids is 2. The fourth-order valence-electron chi connectivity index (χ4n) is 1.27. The quantitative estimate of drug-likeness (QED) is 0.381. The van der Waals surface area contributed by atoms with Gasteiger partial charge < -0.3 is 20.3 Å². The van der Waals surface area contributed by atoms with Gasteiger partial charge in [-0.25, -0.2) is 0 Å². The molecule has 1 amide bonds. The number of aliphatic carboxylic acids is 2. The third-order valence-electron chi connectivity index (χ3n) is 2.45. The van der Waals surface area contributed by atoms with Crippen molar-refractivity contribution in [2.75, 3.05) is 13.2 Å². The second-order valence-corrected chi connectivity index (χ2v) is 4.24. The fourth-order valence-corrected chi connectivity index (χ4v) is 1.27. The van der Waals surface area contributed by atoms with E-state index >= 15 is 0 Å². The van der Waals surface area contributed by atoms with Gasteiger partial charge in [0.05, 0.1) is 19.4 Å². The average Bonchev–Trinajstić information content (AvgIpc) is 2.38. The molecule has 1 unspecified atom stereocenters. The summed E-state index contributed by atoms with van der Waals surface area (Å²) >= 11 is 0. The van der Waals surface area contributed by atoms with E-state index in [1.165, 1.54) is 0 Å². The van der Waals surface area contributed by atoms with Gasteiger partial charge in [0.25, 0.3) is 0 Å². The maximum absolute atomic E-state index is 11.5. The van der Waals surface area contributed by atoms with Crippen LogP contribution in [0.15, 0.2) is 0 Å². The highest BCUT2D eigenvalue weighted by atomic mass is 16.5. The Labute approximate surface area is 116 Å². The predicted octanol–water partition coefficient (Wildman–Crippen LogP) is 0.0115. The van der Waals surface area contributed by atoms with Crippen LogP contribution in [0.4, 0.5) is 0 Å². The summed E-state index contributed by atoms with van der Waals surface area (Å²) in [6.45, 7) is 1.67. The molecule has 0 radical (unpaired) electrons. The van der Waals surface area contributed by atoms with Crippen molar-refractivity contribution < 1.29 is 34.1 Å². The minimum absolute atomic E-state index is 0.0458. The Balaban J connectivity index is 3.68. The van der Waals surface area contributed by atoms with E-state index < -0.39 is 23.8 Å². The highest BCUT2D eigenvalue weighted by molar-refractivity contribution is 5.79. The van der Waals surface area contributed by atoms with Gasteiger partial charge in [-0.15, -0.1) is 0 Å². The molecule has 0 bridgehead atoms. The monoisotopic (exact) mass is 289 g/mol. The Morgan fingerprint density at radius 1 is 1.05 bits per heavy atom. The Hall–Kier alpha value is -2.12. The Morgan fingerprint density at radius 2 is 1.65 bits per heavy atom. The van der Waals surface area contributed by atoms with Crippen molar-refractivity contribution in [2.24, 2.45) is 5.92 Å². The van der Waals surface area contributed by atoms with Crippen LogP contribution in [0.1, 0.15) is 32.6 Å². The van der Waals surface area contributed by atoms with Gasteiger partial charge in [0.1, 0.15) is 6.61 Å². The summed E-state index contributed by atoms with van der Waals surface area (Å²) in [5, 5.41) is 19.3. The first kappa shape index (κ1) is 17.9. The molecular formula is C12H19NO7. The van der Waals surface area contributed by atoms with Crippen LogP contribution in [0.3, 0.4) is 0 Å². The molecule has 8 nitrogen and oxygen atoms in total. The molecule has 0 aromatic rings. The average molecular weight is 289 g/mol. The number of rotatable bonds is 10. The summed E-state index contributed by atoms with van der Waals surface area (Å²) in [6, 6.07) is 0. The molecule has 0 saturated heterocycles. The zero-order valence-corrected chi connectivity index (χ0v) is 11.3. The minimum atomic E-state index is -1.08. The first-order chi connectivity index (χ1) is 9.32. The van der Waals surface area contributed by atoms with Crippen molar-refractivity contribution in [1.29, 1.82) is 0 Å². The number of carboxylic acid groups (broad SMARTS) is 2. The molecule has 0 aliphatic rings. The van der Waals surface area contributed by atoms with Gasteiger partial charge in [0, 0.05) is 12.3 Å². The Morgan fingerprint density at radius 3 is 2.20 bits per heavy atom. The lowest BCUT2D eigenvalue weighted by Crippen LogP contribution is -2.32. The van der Waals surface area contributed by atoms with Crippen LogP contribution in [-0.4, -0.2) is 47.2 Å². The molecule has 0 aromatic carbocycles. The molecular weight excluding hydrogens is 270 g/mol. The van der Waals surface area contributed by atoms with Crippen molar-refractivity contribution in [2.45, 2.75) is 32.6 Å². The third-order valence-corrected chi connectivity index (χ3v) is 2.45. The zero-order valence-electron chi connectivity index (χ0n) is 11.3. The smallest absolute Gasteiger partial charge is 0.306 e. The van der Waals surface area contributed by atoms with Crippen molar-refractivity contribution in [1.82, 2.24) is 5.32 Å². The molecule has 3 N–H and O–H groups in total. The molecule has 0 aliphatic carbocycles. The van der Waals surface area contributed by atoms with Gasteiger partial charge in [-0.1, -0.05) is 6.92 Å². The molecule has 0 spiro atoms. The minimum Gasteiger partial charge on any atom is -0.481 e. The molecule has 0 fully saturated rings. The number of ether oxygens (including phenoxy) is 1. The van der Waals surface area contributed by atoms with Gasteiger partial charge in [-0.2, -0.15) is 0 Å². The van der Waals surface area contributed by atoms with Crippen LogP contribution in [0.5, 0.6) is 0 Å². The topological polar surface area (TPSA) is 130 Å². The van der Waals surface area contributed by atoms with Crippen molar-refractivity contribution in [3.8, 4) is 0 Å². The van der Waals surface area contributed by atoms with Crippen LogP contribution in [0.2, 0.25) is 0 Å². The van der Waals surface area contributed by atoms with E-state index in [1.807, 2.05) is 0 Å². The number of carbonyl (C=O) groups is 4. The number of hydrogen-bond donors (Lipinski definition) is 3. The lowest BCUT2D eigenvalue weighted by atomic mass is 10.1. The van der Waals surface area contributed by atoms with E-state index in [0.717, 1.165) is 0 Å². The SMILES string of the molecule is CC(CCC(=O)O)C(=O)NCCOC(=O)CCC(=O)O. The first-order valence-electron chi connectivity index (χ1n) is 6.19. The van der Waals surface area contributed by atoms with E-state index in [9.17, 15) is 19.2 Å². The summed E-state index contributed by atoms with van der Waals surface area (Å²) in [4.78, 5) is 43.1. The lowest BCUT2D eigenvalue weighted by molar-refractivity contribution is -0.147. The van der Waals surface area contributed by atoms with Crippen LogP contribution in [-0.2, 0) is 23.9 Å². The van der Waals surface area contributed by atoms with E-state index in [4.69, 9.17) is 14.9 Å². The van der Waals surface area contributed by atoms with Gasteiger partial charge in [-0.05, 0) is 6.42 Å². The van der Waals surface area contributed by atoms with Gasteiger partial charge in [-0.3, -0.25) is 19.2 Å². The van der Waals surface area contributed by atoms with E-state index in [-0.39, 0.29) is 44.7 Å². The molecule has 0 aliphatic heterocycles. The maximum Gasteiger partial charge on any atom is 0.306 e. The third kappa shape index (κ3) is 9.86. The molecule has 0 saturated carbocycles. The molecule has 114 valence electrons. The Kier molecular flexibility index (Phi) is 8.73. The zero-order chi connectivity index (χ0) is 15.5. The normalized spacial score (nSPS) is 11.4. The van der Waals surface area contributed by atoms with Crippen LogP contribution < -0.4 is 5.32 Å². The van der Waals surface area contributed by atoms with Crippen molar-refractivity contribution in [3.63, 3.8) is 0 Å². The van der Waals surface area contributed by atoms with Crippen LogP contribution in [0.25, 0.3) is 0 Å². The number of nitrogens with one attached hydrogen (secondary N) is 1. The standard InChI is InChI=1S/C12H19NO7/c1-8(2-3-9(14)15)12(19)13-6-7-20-11(18)5-4-10(16)17/h8H,2-7H2,1H3,(H,13,19)(H,14,15)(H,16,17). The maximum atomic E-state index is 11.5. The largest absolute Gasteiger partial charge is 0.481 e. The summed E-state index contributed by atoms with van der Waals surface area (Å²) in [6.07, 6.45) is -0.353. The summed E-state index contributed by atoms with van der Waals surface area (Å²) < 4.78 is 4.71. The van der Waals surface area contributed by atoms with E-state index in [1.54, 1.807) is 6.92 Å². The molecule has 1 atom stereocenters. The van der Waals surface area contributed by atoms with E-state index in [0.29, 0.717) is 0 Å². The summed E-state index contributed by atoms with van der Waals surface area (Å²) in [7, 11) is 0. The van der Waals surface area contributed by atoms with Crippen molar-refractivity contribution in [3.05, 3.63) is 0 Å². The number of amides is 1. The van der Waals surface area contributed by atoms with E-state index in [2.05, 4.69) is 5.32 Å².